The van der Waals surface area contributed by atoms with Crippen molar-refractivity contribution in [3.8, 4) is 11.4 Å². The number of ether oxygens (including phenoxy) is 1. The van der Waals surface area contributed by atoms with E-state index in [1.54, 1.807) is 53.5 Å². The number of aliphatic hydroxyl groups is 1. The van der Waals surface area contributed by atoms with E-state index in [2.05, 4.69) is 31.3 Å². The quantitative estimate of drug-likeness (QED) is 0.260. The first kappa shape index (κ1) is 39.0. The van der Waals surface area contributed by atoms with Crippen molar-refractivity contribution < 1.29 is 33.4 Å². The molecule has 2 bridgehead atoms. The highest BCUT2D eigenvalue weighted by Crippen LogP contribution is 2.19. The maximum Gasteiger partial charge on any atom is 0.257 e. The van der Waals surface area contributed by atoms with Gasteiger partial charge in [-0.25, -0.2) is 9.07 Å². The molecule has 13 nitrogen and oxygen atoms in total. The summed E-state index contributed by atoms with van der Waals surface area (Å²) in [5, 5.41) is 25.9. The Hall–Kier alpha value is -4.82. The monoisotopic (exact) mass is 707 g/mol. The fourth-order valence-corrected chi connectivity index (χ4v) is 5.88. The van der Waals surface area contributed by atoms with E-state index in [1.807, 2.05) is 13.8 Å². The predicted octanol–water partition coefficient (Wildman–Crippen LogP) is 2.25. The number of carbonyl (C=O) groups excluding carboxylic acids is 4. The Labute approximate surface area is 298 Å². The van der Waals surface area contributed by atoms with Crippen LogP contribution in [-0.4, -0.2) is 94.4 Å². The first-order valence-corrected chi connectivity index (χ1v) is 17.5. The molecule has 4 rings (SSSR count). The van der Waals surface area contributed by atoms with Gasteiger partial charge in [0.25, 0.3) is 5.91 Å². The summed E-state index contributed by atoms with van der Waals surface area (Å²) in [6, 6.07) is 11.1. The topological polar surface area (TPSA) is 167 Å². The Morgan fingerprint density at radius 3 is 2.45 bits per heavy atom. The average Bonchev–Trinajstić information content (AvgIpc) is 3.62. The minimum Gasteiger partial charge on any atom is -0.484 e. The number of fused-ring (bicyclic) bond motifs is 2. The fraction of sp³-hybridized carbons (Fsp3) is 0.486. The summed E-state index contributed by atoms with van der Waals surface area (Å²) in [4.78, 5) is 54.3. The Bertz CT molecular complexity index is 1600. The van der Waals surface area contributed by atoms with E-state index in [-0.39, 0.29) is 30.7 Å². The number of benzene rings is 2. The second kappa shape index (κ2) is 19.5. The summed E-state index contributed by atoms with van der Waals surface area (Å²) in [5.41, 5.74) is 2.13. The van der Waals surface area contributed by atoms with Crippen molar-refractivity contribution in [1.29, 1.82) is 0 Å². The maximum absolute atomic E-state index is 14.4. The predicted molar refractivity (Wildman–Crippen MR) is 189 cm³/mol. The highest BCUT2D eigenvalue weighted by atomic mass is 19.1. The summed E-state index contributed by atoms with van der Waals surface area (Å²) >= 11 is 0. The van der Waals surface area contributed by atoms with Gasteiger partial charge in [0.05, 0.1) is 18.2 Å². The van der Waals surface area contributed by atoms with Crippen LogP contribution in [0.25, 0.3) is 5.69 Å². The molecule has 0 fully saturated rings. The summed E-state index contributed by atoms with van der Waals surface area (Å²) in [5.74, 6) is -1.69. The number of aromatic nitrogens is 2. The van der Waals surface area contributed by atoms with Crippen LogP contribution in [0.5, 0.6) is 5.75 Å². The third kappa shape index (κ3) is 12.8. The van der Waals surface area contributed by atoms with E-state index in [0.29, 0.717) is 69.7 Å². The van der Waals surface area contributed by atoms with Crippen molar-refractivity contribution in [2.75, 3.05) is 32.8 Å². The molecule has 2 aromatic carbocycles. The van der Waals surface area contributed by atoms with Crippen molar-refractivity contribution in [2.24, 2.45) is 5.92 Å². The van der Waals surface area contributed by atoms with Gasteiger partial charge in [-0.3, -0.25) is 24.1 Å². The van der Waals surface area contributed by atoms with E-state index in [0.717, 1.165) is 11.3 Å². The lowest BCUT2D eigenvalue weighted by Crippen LogP contribution is -2.57. The summed E-state index contributed by atoms with van der Waals surface area (Å²) < 4.78 is 21.8. The van der Waals surface area contributed by atoms with Gasteiger partial charge in [-0.2, -0.15) is 5.10 Å². The summed E-state index contributed by atoms with van der Waals surface area (Å²) in [6.45, 7) is 7.39. The smallest absolute Gasteiger partial charge is 0.257 e. The first-order valence-electron chi connectivity index (χ1n) is 17.5. The lowest BCUT2D eigenvalue weighted by atomic mass is 10.0. The molecule has 0 saturated carbocycles. The van der Waals surface area contributed by atoms with Crippen molar-refractivity contribution in [3.63, 3.8) is 0 Å². The molecule has 1 aliphatic rings. The molecule has 2 heterocycles. The van der Waals surface area contributed by atoms with Gasteiger partial charge in [-0.05, 0) is 92.6 Å². The molecular formula is C37H50FN7O6. The Balaban J connectivity index is 1.50. The molecule has 0 radical (unpaired) electrons. The number of carbonyl (C=O) groups is 4. The molecule has 276 valence electrons. The number of hydrogen-bond acceptors (Lipinski definition) is 8. The van der Waals surface area contributed by atoms with Crippen LogP contribution >= 0.6 is 0 Å². The first-order chi connectivity index (χ1) is 24.5. The van der Waals surface area contributed by atoms with E-state index in [4.69, 9.17) is 4.74 Å². The van der Waals surface area contributed by atoms with Crippen molar-refractivity contribution >= 4 is 23.6 Å². The van der Waals surface area contributed by atoms with E-state index >= 15 is 0 Å². The number of nitrogens with zero attached hydrogens (tertiary/aromatic N) is 3. The van der Waals surface area contributed by atoms with E-state index in [1.165, 1.54) is 19.1 Å². The third-order valence-electron chi connectivity index (χ3n) is 8.41. The van der Waals surface area contributed by atoms with Crippen LogP contribution in [0.15, 0.2) is 60.9 Å². The summed E-state index contributed by atoms with van der Waals surface area (Å²) in [7, 11) is 0. The van der Waals surface area contributed by atoms with Crippen LogP contribution in [-0.2, 0) is 32.1 Å². The molecule has 1 aliphatic heterocycles. The van der Waals surface area contributed by atoms with Gasteiger partial charge in [0, 0.05) is 38.6 Å². The van der Waals surface area contributed by atoms with Crippen molar-refractivity contribution in [1.82, 2.24) is 35.9 Å². The van der Waals surface area contributed by atoms with Gasteiger partial charge in [0.2, 0.25) is 17.7 Å². The Morgan fingerprint density at radius 2 is 1.71 bits per heavy atom. The van der Waals surface area contributed by atoms with Crippen LogP contribution in [0.4, 0.5) is 4.39 Å². The lowest BCUT2D eigenvalue weighted by Gasteiger charge is -2.26. The molecule has 5 N–H and O–H groups in total. The molecule has 14 heteroatoms. The average molecular weight is 708 g/mol. The molecule has 51 heavy (non-hydrogen) atoms. The molecule has 0 saturated heterocycles. The van der Waals surface area contributed by atoms with Gasteiger partial charge in [0.1, 0.15) is 23.7 Å². The number of aliphatic hydroxyl groups excluding tert-OH is 1. The minimum absolute atomic E-state index is 0.0405. The molecule has 3 atom stereocenters. The SMILES string of the molecule is CC(C)C[C@H]1NC(=O)Cc2cccc(c2)OCC(=O)NCCCN(Cc2cc(F)ccc2-n2cccn2)CCCCNC(=O)[C@H]([C@@H](C)O)NC1=O. The zero-order chi connectivity index (χ0) is 36.8. The highest BCUT2D eigenvalue weighted by Gasteiger charge is 2.30. The number of rotatable bonds is 6. The van der Waals surface area contributed by atoms with E-state index < -0.39 is 35.9 Å². The number of nitrogens with one attached hydrogen (secondary N) is 4. The second-order valence-electron chi connectivity index (χ2n) is 13.3. The van der Waals surface area contributed by atoms with Crippen molar-refractivity contribution in [2.45, 2.75) is 77.6 Å². The standard InChI is InChI=1S/C37H50FN7O6/c1-25(2)19-31-36(49)43-35(26(3)46)37(50)40-13-4-5-16-44(23-28-22-29(38)11-12-32(28)45-18-8-15-41-45)17-7-14-39-34(48)24-51-30-10-6-9-27(20-30)21-33(47)42-31/h6,8-12,15,18,20,22,25-26,31,35,46H,4-5,7,13-14,16-17,19,21,23-24H2,1-3H3,(H,39,48)(H,40,50)(H,42,47)(H,43,49)/t26-,31-,35+/m1/s1. The van der Waals surface area contributed by atoms with Crippen LogP contribution < -0.4 is 26.0 Å². The Kier molecular flexibility index (Phi) is 14.9. The zero-order valence-corrected chi connectivity index (χ0v) is 29.6. The van der Waals surface area contributed by atoms with Gasteiger partial charge in [0.15, 0.2) is 6.61 Å². The maximum atomic E-state index is 14.4. The molecule has 3 aromatic rings. The van der Waals surface area contributed by atoms with Gasteiger partial charge < -0.3 is 31.1 Å². The minimum atomic E-state index is -1.22. The highest BCUT2D eigenvalue weighted by molar-refractivity contribution is 5.92. The molecule has 0 spiro atoms. The third-order valence-corrected chi connectivity index (χ3v) is 8.41. The fourth-order valence-electron chi connectivity index (χ4n) is 5.88. The number of amides is 4. The van der Waals surface area contributed by atoms with Crippen molar-refractivity contribution in [3.05, 3.63) is 77.9 Å². The zero-order valence-electron chi connectivity index (χ0n) is 29.6. The van der Waals surface area contributed by atoms with Crippen LogP contribution in [0, 0.1) is 11.7 Å². The second-order valence-corrected chi connectivity index (χ2v) is 13.3. The Morgan fingerprint density at radius 1 is 0.922 bits per heavy atom. The van der Waals surface area contributed by atoms with Crippen LogP contribution in [0.1, 0.15) is 57.6 Å². The summed E-state index contributed by atoms with van der Waals surface area (Å²) in [6.07, 6.45) is 4.45. The van der Waals surface area contributed by atoms with E-state index in [9.17, 15) is 28.7 Å². The molecule has 4 amide bonds. The molecule has 0 aliphatic carbocycles. The number of halogens is 1. The van der Waals surface area contributed by atoms with Gasteiger partial charge in [-0.15, -0.1) is 0 Å². The lowest BCUT2D eigenvalue weighted by molar-refractivity contribution is -0.134. The largest absolute Gasteiger partial charge is 0.484 e. The molecule has 1 aromatic heterocycles. The molecular weight excluding hydrogens is 657 g/mol. The molecule has 0 unspecified atom stereocenters. The van der Waals surface area contributed by atoms with Crippen LogP contribution in [0.2, 0.25) is 0 Å². The van der Waals surface area contributed by atoms with Gasteiger partial charge in [-0.1, -0.05) is 26.0 Å². The normalized spacial score (nSPS) is 20.3. The van der Waals surface area contributed by atoms with Gasteiger partial charge >= 0.3 is 0 Å². The number of hydrogen-bond donors (Lipinski definition) is 5. The van der Waals surface area contributed by atoms with Crippen LogP contribution in [0.3, 0.4) is 0 Å².